The number of carbonyl (C=O) groups is 3. The highest BCUT2D eigenvalue weighted by Gasteiger charge is 2.48. The fourth-order valence-corrected chi connectivity index (χ4v) is 5.53. The Hall–Kier alpha value is -2.53. The predicted octanol–water partition coefficient (Wildman–Crippen LogP) is 7.22. The molecule has 3 aliphatic carbocycles. The largest absolute Gasteiger partial charge is 0.463 e. The molecule has 1 aromatic carbocycles. The Morgan fingerprint density at radius 2 is 1.65 bits per heavy atom. The molecule has 3 aliphatic rings. The van der Waals surface area contributed by atoms with Crippen molar-refractivity contribution in [3.8, 4) is 0 Å². The number of esters is 1. The summed E-state index contributed by atoms with van der Waals surface area (Å²) in [6.45, 7) is 11.9. The summed E-state index contributed by atoms with van der Waals surface area (Å²) < 4.78 is 11.5. The summed E-state index contributed by atoms with van der Waals surface area (Å²) in [6.07, 6.45) is 8.73. The van der Waals surface area contributed by atoms with Crippen molar-refractivity contribution >= 4 is 17.5 Å². The molecule has 204 valence electrons. The predicted molar refractivity (Wildman–Crippen MR) is 148 cm³/mol. The Labute approximate surface area is 223 Å². The molecule has 0 spiro atoms. The molecule has 0 bridgehead atoms. The van der Waals surface area contributed by atoms with Gasteiger partial charge < -0.3 is 14.3 Å². The summed E-state index contributed by atoms with van der Waals surface area (Å²) in [5.74, 6) is 0.830. The van der Waals surface area contributed by atoms with E-state index in [0.29, 0.717) is 18.9 Å². The third-order valence-electron chi connectivity index (χ3n) is 7.20. The summed E-state index contributed by atoms with van der Waals surface area (Å²) >= 11 is 0. The van der Waals surface area contributed by atoms with Crippen molar-refractivity contribution in [1.82, 2.24) is 0 Å². The number of fused-ring (bicyclic) bond motifs is 1. The van der Waals surface area contributed by atoms with Crippen LogP contribution < -0.4 is 0 Å². The molecule has 0 saturated heterocycles. The zero-order chi connectivity index (χ0) is 27.4. The molecular formula is C32H46O5. The first-order chi connectivity index (χ1) is 18.0. The first-order valence-electron chi connectivity index (χ1n) is 14.2. The molecule has 0 heterocycles. The average molecular weight is 511 g/mol. The number of benzene rings is 1. The van der Waals surface area contributed by atoms with Crippen LogP contribution in [0.5, 0.6) is 0 Å². The minimum atomic E-state index is -0.304. The van der Waals surface area contributed by atoms with Crippen LogP contribution in [-0.2, 0) is 23.9 Å². The average Bonchev–Trinajstić information content (AvgIpc) is 3.73. The van der Waals surface area contributed by atoms with E-state index in [-0.39, 0.29) is 48.0 Å². The van der Waals surface area contributed by atoms with Gasteiger partial charge >= 0.3 is 5.97 Å². The lowest BCUT2D eigenvalue weighted by molar-refractivity contribution is -0.138. The number of rotatable bonds is 10. The molecule has 5 atom stereocenters. The number of ketones is 2. The molecule has 1 aromatic rings. The highest BCUT2D eigenvalue weighted by atomic mass is 16.5. The van der Waals surface area contributed by atoms with E-state index in [0.717, 1.165) is 48.8 Å². The molecule has 37 heavy (non-hydrogen) atoms. The number of Topliss-reactive ketones (excluding diaryl/α,β-unsaturated/α-hetero) is 2. The van der Waals surface area contributed by atoms with Gasteiger partial charge in [0.05, 0.1) is 6.61 Å². The van der Waals surface area contributed by atoms with E-state index in [2.05, 4.69) is 0 Å². The van der Waals surface area contributed by atoms with Crippen LogP contribution in [0.4, 0.5) is 0 Å². The maximum Gasteiger partial charge on any atom is 0.334 e. The third-order valence-corrected chi connectivity index (χ3v) is 7.20. The molecule has 0 aliphatic heterocycles. The van der Waals surface area contributed by atoms with Crippen molar-refractivity contribution in [3.05, 3.63) is 59.2 Å². The number of hydrogen-bond acceptors (Lipinski definition) is 5. The van der Waals surface area contributed by atoms with Crippen molar-refractivity contribution in [3.63, 3.8) is 0 Å². The summed E-state index contributed by atoms with van der Waals surface area (Å²) in [6, 6.07) is 9.99. The van der Waals surface area contributed by atoms with Gasteiger partial charge in [0.25, 0.3) is 0 Å². The Morgan fingerprint density at radius 3 is 2.30 bits per heavy atom. The second-order valence-corrected chi connectivity index (χ2v) is 9.66. The fraction of sp³-hybridized carbons (Fsp3) is 0.594. The summed E-state index contributed by atoms with van der Waals surface area (Å²) in [4.78, 5) is 36.8. The van der Waals surface area contributed by atoms with Crippen molar-refractivity contribution < 1.29 is 23.9 Å². The minimum Gasteiger partial charge on any atom is -0.463 e. The van der Waals surface area contributed by atoms with E-state index in [1.807, 2.05) is 77.1 Å². The first-order valence-corrected chi connectivity index (χ1v) is 14.2. The minimum absolute atomic E-state index is 0.0242. The second kappa shape index (κ2) is 15.7. The Balaban J connectivity index is 0.00000115. The van der Waals surface area contributed by atoms with Gasteiger partial charge in [0.2, 0.25) is 0 Å². The lowest BCUT2D eigenvalue weighted by atomic mass is 9.77. The highest BCUT2D eigenvalue weighted by Crippen LogP contribution is 2.55. The summed E-state index contributed by atoms with van der Waals surface area (Å²) in [5.41, 5.74) is 2.89. The topological polar surface area (TPSA) is 69.7 Å². The van der Waals surface area contributed by atoms with E-state index >= 15 is 0 Å². The molecule has 0 aromatic heterocycles. The van der Waals surface area contributed by atoms with Gasteiger partial charge in [-0.25, -0.2) is 4.79 Å². The SMILES string of the molecule is CC.CC.CCOC(=O)C1=CC=C(C(OCC(=O)C2CCCC(CC(C)=O)C2)c2ccccc2)C2CC12. The van der Waals surface area contributed by atoms with Crippen LogP contribution in [0.3, 0.4) is 0 Å². The van der Waals surface area contributed by atoms with E-state index in [1.54, 1.807) is 6.92 Å². The van der Waals surface area contributed by atoms with Crippen LogP contribution in [0.2, 0.25) is 0 Å². The highest BCUT2D eigenvalue weighted by molar-refractivity contribution is 5.91. The molecular weight excluding hydrogens is 464 g/mol. The molecule has 4 rings (SSSR count). The maximum atomic E-state index is 13.1. The van der Waals surface area contributed by atoms with Gasteiger partial charge in [0.1, 0.15) is 18.5 Å². The second-order valence-electron chi connectivity index (χ2n) is 9.66. The fourth-order valence-electron chi connectivity index (χ4n) is 5.53. The van der Waals surface area contributed by atoms with Crippen LogP contribution in [0.25, 0.3) is 0 Å². The molecule has 0 radical (unpaired) electrons. The van der Waals surface area contributed by atoms with Crippen molar-refractivity contribution in [2.24, 2.45) is 23.7 Å². The van der Waals surface area contributed by atoms with Crippen LogP contribution in [0.15, 0.2) is 53.6 Å². The van der Waals surface area contributed by atoms with E-state index in [9.17, 15) is 14.4 Å². The molecule has 0 N–H and O–H groups in total. The third kappa shape index (κ3) is 8.49. The molecule has 2 saturated carbocycles. The lowest BCUT2D eigenvalue weighted by Crippen LogP contribution is -2.28. The van der Waals surface area contributed by atoms with Gasteiger partial charge in [-0.2, -0.15) is 0 Å². The standard InChI is InChI=1S/C28H34O5.2C2H6/c1-3-32-28(31)23-13-12-22(24-16-25(23)24)27(20-9-5-4-6-10-20)33-17-26(30)21-11-7-8-19(15-21)14-18(2)29;2*1-2/h4-6,9-10,12-13,19,21,24-25,27H,3,7-8,11,14-17H2,1-2H3;2*1-2H3. The molecule has 5 unspecified atom stereocenters. The van der Waals surface area contributed by atoms with Gasteiger partial charge in [-0.05, 0) is 68.4 Å². The van der Waals surface area contributed by atoms with Crippen molar-refractivity contribution in [2.45, 2.75) is 86.2 Å². The zero-order valence-corrected chi connectivity index (χ0v) is 23.6. The number of hydrogen-bond donors (Lipinski definition) is 0. The number of carbonyl (C=O) groups excluding carboxylic acids is 3. The van der Waals surface area contributed by atoms with Gasteiger partial charge in [-0.15, -0.1) is 0 Å². The molecule has 2 fully saturated rings. The number of allylic oxidation sites excluding steroid dienone is 2. The van der Waals surface area contributed by atoms with Crippen LogP contribution in [0, 0.1) is 23.7 Å². The van der Waals surface area contributed by atoms with Crippen LogP contribution in [-0.4, -0.2) is 30.7 Å². The van der Waals surface area contributed by atoms with Crippen molar-refractivity contribution in [1.29, 1.82) is 0 Å². The van der Waals surface area contributed by atoms with E-state index < -0.39 is 0 Å². The molecule has 5 nitrogen and oxygen atoms in total. The smallest absolute Gasteiger partial charge is 0.334 e. The molecule has 5 heteroatoms. The molecule has 0 amide bonds. The Morgan fingerprint density at radius 1 is 0.946 bits per heavy atom. The normalized spacial score (nSPS) is 24.4. The Bertz CT molecular complexity index is 945. The van der Waals surface area contributed by atoms with Crippen LogP contribution in [0.1, 0.15) is 91.7 Å². The number of ether oxygens (including phenoxy) is 2. The van der Waals surface area contributed by atoms with Gasteiger partial charge in [-0.3, -0.25) is 4.79 Å². The zero-order valence-electron chi connectivity index (χ0n) is 23.6. The maximum absolute atomic E-state index is 13.1. The lowest BCUT2D eigenvalue weighted by Gasteiger charge is -2.29. The quantitative estimate of drug-likeness (QED) is 0.311. The van der Waals surface area contributed by atoms with Gasteiger partial charge in [0, 0.05) is 17.9 Å². The van der Waals surface area contributed by atoms with Crippen LogP contribution >= 0.6 is 0 Å². The van der Waals surface area contributed by atoms with Crippen molar-refractivity contribution in [2.75, 3.05) is 13.2 Å². The summed E-state index contributed by atoms with van der Waals surface area (Å²) in [7, 11) is 0. The van der Waals surface area contributed by atoms with E-state index in [1.165, 1.54) is 0 Å². The monoisotopic (exact) mass is 510 g/mol. The summed E-state index contributed by atoms with van der Waals surface area (Å²) in [5, 5.41) is 0. The van der Waals surface area contributed by atoms with Gasteiger partial charge in [-0.1, -0.05) is 76.6 Å². The van der Waals surface area contributed by atoms with Gasteiger partial charge in [0.15, 0.2) is 5.78 Å². The first kappa shape index (κ1) is 30.7. The Kier molecular flexibility index (Phi) is 13.0. The van der Waals surface area contributed by atoms with E-state index in [4.69, 9.17) is 9.47 Å².